The summed E-state index contributed by atoms with van der Waals surface area (Å²) in [6.07, 6.45) is 28.9. The number of fused-ring (bicyclic) bond motifs is 6. The van der Waals surface area contributed by atoms with Crippen molar-refractivity contribution in [3.8, 4) is 11.1 Å². The first-order valence-corrected chi connectivity index (χ1v) is 20.7. The van der Waals surface area contributed by atoms with Crippen molar-refractivity contribution < 1.29 is 0 Å². The first-order chi connectivity index (χ1) is 28.1. The zero-order chi connectivity index (χ0) is 38.6. The van der Waals surface area contributed by atoms with Gasteiger partial charge in [0, 0.05) is 29.4 Å². The molecule has 9 rings (SSSR count). The molecule has 5 aromatic carbocycles. The van der Waals surface area contributed by atoms with Crippen molar-refractivity contribution in [2.45, 2.75) is 56.4 Å². The van der Waals surface area contributed by atoms with Crippen LogP contribution in [0.4, 0.5) is 0 Å². The maximum absolute atomic E-state index is 5.27. The summed E-state index contributed by atoms with van der Waals surface area (Å²) in [6.45, 7) is 6.44. The van der Waals surface area contributed by atoms with E-state index in [1.54, 1.807) is 0 Å². The molecule has 0 amide bonds. The van der Waals surface area contributed by atoms with E-state index in [0.717, 1.165) is 43.5 Å². The second kappa shape index (κ2) is 16.2. The highest BCUT2D eigenvalue weighted by atomic mass is 15.0. The van der Waals surface area contributed by atoms with Gasteiger partial charge in [0.1, 0.15) is 5.84 Å². The highest BCUT2D eigenvalue weighted by molar-refractivity contribution is 6.04. The van der Waals surface area contributed by atoms with Gasteiger partial charge in [-0.1, -0.05) is 195 Å². The molecule has 5 atom stereocenters. The second-order valence-electron chi connectivity index (χ2n) is 16.0. The third kappa shape index (κ3) is 7.22. The van der Waals surface area contributed by atoms with Gasteiger partial charge >= 0.3 is 0 Å². The monoisotopic (exact) mass is 738 g/mol. The fraction of sp³-hybridized carbons (Fsp3) is 0.200. The summed E-state index contributed by atoms with van der Waals surface area (Å²) < 4.78 is 0. The summed E-state index contributed by atoms with van der Waals surface area (Å²) in [5, 5.41) is 0. The van der Waals surface area contributed by atoms with E-state index >= 15 is 0 Å². The molecular weight excluding hydrogens is 689 g/mol. The third-order valence-corrected chi connectivity index (χ3v) is 12.5. The quantitative estimate of drug-likeness (QED) is 0.142. The molecule has 57 heavy (non-hydrogen) atoms. The lowest BCUT2D eigenvalue weighted by Gasteiger charge is -2.43. The Labute approximate surface area is 338 Å². The number of hydrogen-bond donors (Lipinski definition) is 0. The second-order valence-corrected chi connectivity index (χ2v) is 16.0. The molecule has 0 aromatic heterocycles. The Kier molecular flexibility index (Phi) is 10.4. The van der Waals surface area contributed by atoms with Crippen LogP contribution < -0.4 is 0 Å². The van der Waals surface area contributed by atoms with Gasteiger partial charge in [-0.3, -0.25) is 4.99 Å². The average molecular weight is 739 g/mol. The smallest absolute Gasteiger partial charge is 0.131 e. The molecule has 5 unspecified atom stereocenters. The maximum atomic E-state index is 5.27. The van der Waals surface area contributed by atoms with Crippen LogP contribution in [0.2, 0.25) is 0 Å². The normalized spacial score (nSPS) is 23.8. The van der Waals surface area contributed by atoms with Crippen molar-refractivity contribution in [1.29, 1.82) is 0 Å². The van der Waals surface area contributed by atoms with Crippen molar-refractivity contribution in [2.24, 2.45) is 21.8 Å². The van der Waals surface area contributed by atoms with Crippen LogP contribution in [-0.2, 0) is 11.8 Å². The number of nitrogens with zero attached hydrogens (tertiary/aromatic N) is 2. The largest absolute Gasteiger partial charge is 0.261 e. The molecule has 5 aromatic rings. The number of benzene rings is 5. The van der Waals surface area contributed by atoms with Crippen LogP contribution in [0.5, 0.6) is 0 Å². The highest BCUT2D eigenvalue weighted by Crippen LogP contribution is 2.51. The van der Waals surface area contributed by atoms with Gasteiger partial charge in [-0.15, -0.1) is 6.58 Å². The zero-order valence-electron chi connectivity index (χ0n) is 32.8. The third-order valence-electron chi connectivity index (χ3n) is 12.5. The Morgan fingerprint density at radius 3 is 2.30 bits per heavy atom. The van der Waals surface area contributed by atoms with Crippen LogP contribution in [0.15, 0.2) is 199 Å². The molecule has 1 heterocycles. The van der Waals surface area contributed by atoms with E-state index in [4.69, 9.17) is 9.98 Å². The minimum absolute atomic E-state index is 0.0407. The molecule has 2 nitrogen and oxygen atoms in total. The van der Waals surface area contributed by atoms with Crippen molar-refractivity contribution in [3.05, 3.63) is 233 Å². The van der Waals surface area contributed by atoms with Crippen LogP contribution in [-0.4, -0.2) is 11.5 Å². The lowest BCUT2D eigenvalue weighted by molar-refractivity contribution is 0.592. The van der Waals surface area contributed by atoms with Crippen molar-refractivity contribution >= 4 is 17.6 Å². The van der Waals surface area contributed by atoms with Gasteiger partial charge in [0.05, 0.1) is 6.04 Å². The summed E-state index contributed by atoms with van der Waals surface area (Å²) in [5.41, 5.74) is 14.3. The van der Waals surface area contributed by atoms with Gasteiger partial charge in [-0.05, 0) is 87.2 Å². The van der Waals surface area contributed by atoms with Crippen LogP contribution in [0.3, 0.4) is 0 Å². The first kappa shape index (κ1) is 36.5. The van der Waals surface area contributed by atoms with Gasteiger partial charge in [0.25, 0.3) is 0 Å². The van der Waals surface area contributed by atoms with Crippen molar-refractivity contribution in [2.75, 3.05) is 0 Å². The minimum atomic E-state index is -0.259. The van der Waals surface area contributed by atoms with E-state index in [1.165, 1.54) is 55.8 Å². The summed E-state index contributed by atoms with van der Waals surface area (Å²) in [5.74, 6) is 1.57. The van der Waals surface area contributed by atoms with E-state index in [2.05, 4.69) is 196 Å². The predicted molar refractivity (Wildman–Crippen MR) is 241 cm³/mol. The SMILES string of the molecule is C=CCC(/C=C/c1ccc(-c2ccc3c(c2)Cc2ccccc2C32C/C=C\C=C/C(C)c3ccccc32)cc1)C1=NC(c2ccccc2)CC(C2C=CC=CC2)=N1. The van der Waals surface area contributed by atoms with Crippen molar-refractivity contribution in [3.63, 3.8) is 0 Å². The van der Waals surface area contributed by atoms with E-state index in [-0.39, 0.29) is 17.4 Å². The fourth-order valence-electron chi connectivity index (χ4n) is 9.53. The Hall–Kier alpha value is -6.12. The average Bonchev–Trinajstić information content (AvgIpc) is 3.34. The minimum Gasteiger partial charge on any atom is -0.261 e. The zero-order valence-corrected chi connectivity index (χ0v) is 32.8. The van der Waals surface area contributed by atoms with Gasteiger partial charge < -0.3 is 0 Å². The topological polar surface area (TPSA) is 24.7 Å². The molecule has 1 spiro atoms. The number of aliphatic imine (C=N–C) groups is 2. The summed E-state index contributed by atoms with van der Waals surface area (Å²) in [6, 6.07) is 45.3. The molecule has 0 bridgehead atoms. The molecular formula is C55H50N2. The Balaban J connectivity index is 1.02. The molecule has 3 aliphatic carbocycles. The number of allylic oxidation sites excluding steroid dienone is 9. The number of amidine groups is 1. The van der Waals surface area contributed by atoms with E-state index < -0.39 is 0 Å². The molecule has 0 fully saturated rings. The number of hydrogen-bond acceptors (Lipinski definition) is 2. The van der Waals surface area contributed by atoms with Gasteiger partial charge in [-0.2, -0.15) is 0 Å². The summed E-state index contributed by atoms with van der Waals surface area (Å²) >= 11 is 0. The molecule has 0 saturated heterocycles. The Morgan fingerprint density at radius 1 is 0.737 bits per heavy atom. The van der Waals surface area contributed by atoms with Gasteiger partial charge in [0.15, 0.2) is 0 Å². The predicted octanol–water partition coefficient (Wildman–Crippen LogP) is 13.5. The fourth-order valence-corrected chi connectivity index (χ4v) is 9.53. The van der Waals surface area contributed by atoms with Crippen LogP contribution >= 0.6 is 0 Å². The van der Waals surface area contributed by atoms with Gasteiger partial charge in [0.2, 0.25) is 0 Å². The molecule has 0 radical (unpaired) electrons. The molecule has 0 N–H and O–H groups in total. The standard InChI is InChI=1S/C55H50N2/c1-3-17-44(54-56-52(42-19-8-4-9-20-42)38-53(57-54)43-21-10-5-11-22-43)32-29-40-27-30-41(31-28-40)45-33-34-50-47(36-45)37-46-23-12-14-25-49(46)55(50)35-16-6-7-18-39(2)48-24-13-15-26-51(48)55/h3-16,18-21,23-34,36,39,43-44,52H,1,17,22,35,37-38H2,2H3/b16-6-,18-7-,32-29+. The van der Waals surface area contributed by atoms with Crippen LogP contribution in [0.25, 0.3) is 17.2 Å². The Morgan fingerprint density at radius 2 is 1.47 bits per heavy atom. The van der Waals surface area contributed by atoms with E-state index in [9.17, 15) is 0 Å². The van der Waals surface area contributed by atoms with E-state index in [0.29, 0.717) is 11.8 Å². The molecule has 280 valence electrons. The molecule has 0 saturated carbocycles. The number of rotatable bonds is 8. The molecule has 4 aliphatic rings. The molecule has 2 heteroatoms. The van der Waals surface area contributed by atoms with Crippen molar-refractivity contribution in [1.82, 2.24) is 0 Å². The first-order valence-electron chi connectivity index (χ1n) is 20.7. The lowest BCUT2D eigenvalue weighted by Crippen LogP contribution is -2.35. The highest BCUT2D eigenvalue weighted by Gasteiger charge is 2.43. The van der Waals surface area contributed by atoms with Gasteiger partial charge in [-0.25, -0.2) is 4.99 Å². The summed E-state index contributed by atoms with van der Waals surface area (Å²) in [4.78, 5) is 10.5. The molecule has 1 aliphatic heterocycles. The Bertz CT molecular complexity index is 2490. The lowest BCUT2D eigenvalue weighted by atomic mass is 9.60. The maximum Gasteiger partial charge on any atom is 0.131 e. The van der Waals surface area contributed by atoms with Crippen LogP contribution in [0.1, 0.15) is 89.1 Å². The van der Waals surface area contributed by atoms with E-state index in [1.807, 2.05) is 6.08 Å². The van der Waals surface area contributed by atoms with Crippen LogP contribution in [0, 0.1) is 11.8 Å². The summed E-state index contributed by atoms with van der Waals surface area (Å²) in [7, 11) is 0.